The molecule has 9 heteroatoms. The number of nitrogens with zero attached hydrogens (tertiary/aromatic N) is 3. The van der Waals surface area contributed by atoms with Gasteiger partial charge >= 0.3 is 0 Å². The molecule has 1 aromatic heterocycles. The second-order valence-corrected chi connectivity index (χ2v) is 8.62. The van der Waals surface area contributed by atoms with E-state index in [0.29, 0.717) is 16.6 Å². The van der Waals surface area contributed by atoms with Crippen LogP contribution in [0.4, 0.5) is 0 Å². The molecular formula is C17H16N4O3S2. The normalized spacial score (nSPS) is 14.8. The van der Waals surface area contributed by atoms with E-state index >= 15 is 0 Å². The molecule has 0 spiro atoms. The molecular weight excluding hydrogens is 372 g/mol. The summed E-state index contributed by atoms with van der Waals surface area (Å²) >= 11 is 1.00. The maximum absolute atomic E-state index is 13.3. The van der Waals surface area contributed by atoms with Crippen molar-refractivity contribution in [3.8, 4) is 0 Å². The summed E-state index contributed by atoms with van der Waals surface area (Å²) in [5.74, 6) is -0.508. The zero-order valence-electron chi connectivity index (χ0n) is 13.7. The summed E-state index contributed by atoms with van der Waals surface area (Å²) in [6.45, 7) is 0.236. The van der Waals surface area contributed by atoms with E-state index in [1.54, 1.807) is 42.5 Å². The highest BCUT2D eigenvalue weighted by Crippen LogP contribution is 2.35. The van der Waals surface area contributed by atoms with Gasteiger partial charge < -0.3 is 5.73 Å². The van der Waals surface area contributed by atoms with E-state index in [0.717, 1.165) is 30.1 Å². The Morgan fingerprint density at radius 3 is 2.54 bits per heavy atom. The molecule has 1 amide bonds. The van der Waals surface area contributed by atoms with Crippen molar-refractivity contribution in [3.63, 3.8) is 0 Å². The van der Waals surface area contributed by atoms with E-state index in [2.05, 4.69) is 8.75 Å². The highest BCUT2D eigenvalue weighted by atomic mass is 32.2. The first-order chi connectivity index (χ1) is 12.5. The Kier molecular flexibility index (Phi) is 4.22. The molecule has 3 aromatic rings. The summed E-state index contributed by atoms with van der Waals surface area (Å²) in [6, 6.07) is 11.7. The fourth-order valence-electron chi connectivity index (χ4n) is 2.84. The van der Waals surface area contributed by atoms with Crippen LogP contribution in [0.5, 0.6) is 0 Å². The van der Waals surface area contributed by atoms with Gasteiger partial charge in [-0.15, -0.1) is 0 Å². The molecule has 0 atom stereocenters. The molecule has 0 radical (unpaired) electrons. The van der Waals surface area contributed by atoms with Crippen molar-refractivity contribution in [3.05, 3.63) is 53.6 Å². The predicted molar refractivity (Wildman–Crippen MR) is 98.1 cm³/mol. The molecule has 0 bridgehead atoms. The van der Waals surface area contributed by atoms with E-state index < -0.39 is 15.9 Å². The lowest BCUT2D eigenvalue weighted by Gasteiger charge is -2.22. The van der Waals surface area contributed by atoms with Gasteiger partial charge in [0, 0.05) is 18.2 Å². The van der Waals surface area contributed by atoms with Crippen molar-refractivity contribution in [2.75, 3.05) is 0 Å². The molecule has 7 nitrogen and oxygen atoms in total. The summed E-state index contributed by atoms with van der Waals surface area (Å²) in [5, 5.41) is 0. The third kappa shape index (κ3) is 3.09. The monoisotopic (exact) mass is 388 g/mol. The molecule has 4 rings (SSSR count). The summed E-state index contributed by atoms with van der Waals surface area (Å²) < 4.78 is 36.4. The van der Waals surface area contributed by atoms with E-state index in [9.17, 15) is 13.2 Å². The molecule has 2 aromatic carbocycles. The maximum Gasteiger partial charge on any atom is 0.248 e. The molecule has 1 aliphatic carbocycles. The average Bonchev–Trinajstić information content (AvgIpc) is 3.35. The fourth-order valence-corrected chi connectivity index (χ4v) is 5.27. The smallest absolute Gasteiger partial charge is 0.248 e. The molecule has 2 N–H and O–H groups in total. The van der Waals surface area contributed by atoms with E-state index in [1.807, 2.05) is 0 Å². The summed E-state index contributed by atoms with van der Waals surface area (Å²) in [6.07, 6.45) is 1.67. The van der Waals surface area contributed by atoms with Gasteiger partial charge in [-0.2, -0.15) is 13.1 Å². The van der Waals surface area contributed by atoms with Crippen molar-refractivity contribution >= 4 is 38.7 Å². The molecule has 134 valence electrons. The number of amides is 1. The topological polar surface area (TPSA) is 106 Å². The lowest BCUT2D eigenvalue weighted by atomic mass is 10.1. The standard InChI is InChI=1S/C17H16N4O3S2/c18-17(22)12-6-4-11(5-7-12)10-21(13-8-9-13)26(23,24)15-3-1-2-14-16(15)20-25-19-14/h1-7,13H,8-10H2,(H2,18,22). The Bertz CT molecular complexity index is 1070. The van der Waals surface area contributed by atoms with Gasteiger partial charge in [0.2, 0.25) is 15.9 Å². The maximum atomic E-state index is 13.3. The molecule has 1 saturated carbocycles. The number of hydrogen-bond donors (Lipinski definition) is 1. The molecule has 0 aliphatic heterocycles. The largest absolute Gasteiger partial charge is 0.366 e. The number of sulfonamides is 1. The molecule has 1 heterocycles. The Hall–Kier alpha value is -2.36. The minimum atomic E-state index is -3.71. The van der Waals surface area contributed by atoms with Crippen molar-refractivity contribution in [2.24, 2.45) is 5.73 Å². The van der Waals surface area contributed by atoms with Gasteiger partial charge in [-0.3, -0.25) is 4.79 Å². The first kappa shape index (κ1) is 17.1. The Labute approximate surface area is 154 Å². The number of benzene rings is 2. The van der Waals surface area contributed by atoms with Crippen LogP contribution < -0.4 is 5.73 Å². The third-order valence-electron chi connectivity index (χ3n) is 4.37. The van der Waals surface area contributed by atoms with Crippen LogP contribution in [0.3, 0.4) is 0 Å². The van der Waals surface area contributed by atoms with Crippen LogP contribution in [0.1, 0.15) is 28.8 Å². The molecule has 0 unspecified atom stereocenters. The van der Waals surface area contributed by atoms with Crippen LogP contribution in [0, 0.1) is 0 Å². The summed E-state index contributed by atoms with van der Waals surface area (Å²) in [4.78, 5) is 11.4. The average molecular weight is 388 g/mol. The van der Waals surface area contributed by atoms with Crippen LogP contribution in [-0.2, 0) is 16.6 Å². The number of primary amides is 1. The van der Waals surface area contributed by atoms with Crippen molar-refractivity contribution < 1.29 is 13.2 Å². The van der Waals surface area contributed by atoms with Gasteiger partial charge in [0.1, 0.15) is 15.9 Å². The number of rotatable bonds is 6. The lowest BCUT2D eigenvalue weighted by Crippen LogP contribution is -2.32. The molecule has 1 fully saturated rings. The molecule has 1 aliphatic rings. The van der Waals surface area contributed by atoms with Gasteiger partial charge in [0.15, 0.2) is 0 Å². The predicted octanol–water partition coefficient (Wildman–Crippen LogP) is 2.14. The van der Waals surface area contributed by atoms with Crippen LogP contribution in [0.25, 0.3) is 11.0 Å². The van der Waals surface area contributed by atoms with E-state index in [4.69, 9.17) is 5.73 Å². The summed E-state index contributed by atoms with van der Waals surface area (Å²) in [5.41, 5.74) is 7.44. The number of carbonyl (C=O) groups excluding carboxylic acids is 1. The molecule has 26 heavy (non-hydrogen) atoms. The third-order valence-corrected chi connectivity index (χ3v) is 6.84. The van der Waals surface area contributed by atoms with Crippen molar-refractivity contribution in [1.29, 1.82) is 0 Å². The first-order valence-electron chi connectivity index (χ1n) is 8.09. The van der Waals surface area contributed by atoms with Crippen molar-refractivity contribution in [2.45, 2.75) is 30.3 Å². The summed E-state index contributed by atoms with van der Waals surface area (Å²) in [7, 11) is -3.71. The van der Waals surface area contributed by atoms with Crippen LogP contribution >= 0.6 is 11.7 Å². The Balaban J connectivity index is 1.70. The highest BCUT2D eigenvalue weighted by Gasteiger charge is 2.39. The number of hydrogen-bond acceptors (Lipinski definition) is 6. The Morgan fingerprint density at radius 1 is 1.15 bits per heavy atom. The second-order valence-electron chi connectivity index (χ2n) is 6.23. The van der Waals surface area contributed by atoms with Crippen LogP contribution in [0.2, 0.25) is 0 Å². The van der Waals surface area contributed by atoms with Gasteiger partial charge in [-0.1, -0.05) is 18.2 Å². The number of carbonyl (C=O) groups is 1. The quantitative estimate of drug-likeness (QED) is 0.696. The highest BCUT2D eigenvalue weighted by molar-refractivity contribution is 7.89. The lowest BCUT2D eigenvalue weighted by molar-refractivity contribution is 0.1000. The van der Waals surface area contributed by atoms with Crippen molar-refractivity contribution in [1.82, 2.24) is 13.1 Å². The Morgan fingerprint density at radius 2 is 1.88 bits per heavy atom. The van der Waals surface area contributed by atoms with E-state index in [1.165, 1.54) is 4.31 Å². The van der Waals surface area contributed by atoms with Gasteiger partial charge in [-0.05, 0) is 42.7 Å². The minimum Gasteiger partial charge on any atom is -0.366 e. The number of nitrogens with two attached hydrogens (primary N) is 1. The minimum absolute atomic E-state index is 0.0160. The zero-order valence-corrected chi connectivity index (χ0v) is 15.3. The van der Waals surface area contributed by atoms with Gasteiger partial charge in [0.25, 0.3) is 0 Å². The van der Waals surface area contributed by atoms with Gasteiger partial charge in [0.05, 0.1) is 11.7 Å². The fraction of sp³-hybridized carbons (Fsp3) is 0.235. The number of fused-ring (bicyclic) bond motifs is 1. The first-order valence-corrected chi connectivity index (χ1v) is 10.3. The zero-order chi connectivity index (χ0) is 18.3. The van der Waals surface area contributed by atoms with Gasteiger partial charge in [-0.25, -0.2) is 8.42 Å². The van der Waals surface area contributed by atoms with Crippen LogP contribution in [-0.4, -0.2) is 33.4 Å². The van der Waals surface area contributed by atoms with Crippen LogP contribution in [0.15, 0.2) is 47.4 Å². The van der Waals surface area contributed by atoms with E-state index in [-0.39, 0.29) is 17.5 Å². The SMILES string of the molecule is NC(=O)c1ccc(CN(C2CC2)S(=O)(=O)c2cccc3nsnc23)cc1. The second kappa shape index (κ2) is 6.42. The number of aromatic nitrogens is 2. The molecule has 0 saturated heterocycles.